The third-order valence-electron chi connectivity index (χ3n) is 8.31. The van der Waals surface area contributed by atoms with E-state index in [1.807, 2.05) is 140 Å². The van der Waals surface area contributed by atoms with Crippen LogP contribution in [0.25, 0.3) is 0 Å². The van der Waals surface area contributed by atoms with Gasteiger partial charge in [-0.1, -0.05) is 146 Å². The van der Waals surface area contributed by atoms with Crippen molar-refractivity contribution >= 4 is 6.29 Å². The largest absolute Gasteiger partial charge is 0.374 e. The van der Waals surface area contributed by atoms with E-state index in [1.165, 1.54) is 0 Å². The van der Waals surface area contributed by atoms with Crippen LogP contribution in [-0.2, 0) is 50.1 Å². The molecular weight excluding hydrogens is 588 g/mol. The van der Waals surface area contributed by atoms with Crippen molar-refractivity contribution in [3.63, 3.8) is 0 Å². The van der Waals surface area contributed by atoms with E-state index in [4.69, 9.17) is 23.7 Å². The van der Waals surface area contributed by atoms with Crippen molar-refractivity contribution < 1.29 is 28.5 Å². The van der Waals surface area contributed by atoms with Crippen LogP contribution in [0.15, 0.2) is 146 Å². The van der Waals surface area contributed by atoms with Crippen molar-refractivity contribution in [2.45, 2.75) is 56.9 Å². The Labute approximate surface area is 276 Å². The Hall–Kier alpha value is -4.43. The number of rotatable bonds is 15. The summed E-state index contributed by atoms with van der Waals surface area (Å²) in [6, 6.07) is 47.7. The van der Waals surface area contributed by atoms with Crippen LogP contribution in [-0.4, -0.2) is 37.3 Å². The van der Waals surface area contributed by atoms with Crippen molar-refractivity contribution in [3.05, 3.63) is 179 Å². The number of hydrogen-bond donors (Lipinski definition) is 0. The fourth-order valence-corrected chi connectivity index (χ4v) is 5.92. The molecule has 5 aromatic rings. The van der Waals surface area contributed by atoms with Gasteiger partial charge in [0, 0.05) is 5.56 Å². The van der Waals surface area contributed by atoms with E-state index in [1.54, 1.807) is 6.07 Å². The average Bonchev–Trinajstić information content (AvgIpc) is 3.14. The van der Waals surface area contributed by atoms with E-state index in [2.05, 4.69) is 0 Å². The number of carbonyl (C=O) groups excluding carboxylic acids is 1. The summed E-state index contributed by atoms with van der Waals surface area (Å²) in [4.78, 5) is 12.3. The van der Waals surface area contributed by atoms with E-state index in [0.29, 0.717) is 32.0 Å². The monoisotopic (exact) mass is 628 g/mol. The summed E-state index contributed by atoms with van der Waals surface area (Å²) in [5.74, 6) is 0. The fraction of sp³-hybridized carbons (Fsp3) is 0.244. The lowest BCUT2D eigenvalue weighted by Crippen LogP contribution is -2.58. The third-order valence-corrected chi connectivity index (χ3v) is 8.31. The molecule has 0 N–H and O–H groups in total. The smallest absolute Gasteiger partial charge is 0.150 e. The Morgan fingerprint density at radius 3 is 1.43 bits per heavy atom. The van der Waals surface area contributed by atoms with Crippen LogP contribution in [0.2, 0.25) is 0 Å². The van der Waals surface area contributed by atoms with E-state index in [9.17, 15) is 4.79 Å². The zero-order valence-corrected chi connectivity index (χ0v) is 26.3. The highest BCUT2D eigenvalue weighted by Gasteiger charge is 2.49. The maximum absolute atomic E-state index is 12.3. The summed E-state index contributed by atoms with van der Waals surface area (Å²) in [6.07, 6.45) is -1.99. The molecule has 6 nitrogen and oxygen atoms in total. The zero-order valence-electron chi connectivity index (χ0n) is 26.3. The zero-order chi connectivity index (χ0) is 32.1. The predicted octanol–water partition coefficient (Wildman–Crippen LogP) is 7.91. The number of aldehydes is 1. The Morgan fingerprint density at radius 1 is 0.489 bits per heavy atom. The highest BCUT2D eigenvalue weighted by atomic mass is 16.6. The van der Waals surface area contributed by atoms with Crippen LogP contribution in [0.1, 0.15) is 44.3 Å². The maximum Gasteiger partial charge on any atom is 0.150 e. The molecule has 5 aromatic carbocycles. The molecule has 6 heteroatoms. The van der Waals surface area contributed by atoms with Gasteiger partial charge in [0.1, 0.15) is 36.8 Å². The molecule has 5 atom stereocenters. The molecule has 1 fully saturated rings. The lowest BCUT2D eigenvalue weighted by Gasteiger charge is -2.46. The molecule has 0 amide bonds. The van der Waals surface area contributed by atoms with Gasteiger partial charge in [-0.3, -0.25) is 4.79 Å². The molecule has 1 heterocycles. The summed E-state index contributed by atoms with van der Waals surface area (Å²) in [5.41, 5.74) is 5.43. The van der Waals surface area contributed by atoms with Crippen molar-refractivity contribution in [1.82, 2.24) is 0 Å². The van der Waals surface area contributed by atoms with Gasteiger partial charge in [0.15, 0.2) is 0 Å². The van der Waals surface area contributed by atoms with Crippen LogP contribution in [0.3, 0.4) is 0 Å². The first-order valence-corrected chi connectivity index (χ1v) is 16.1. The molecule has 1 saturated heterocycles. The predicted molar refractivity (Wildman–Crippen MR) is 181 cm³/mol. The quantitative estimate of drug-likeness (QED) is 0.110. The van der Waals surface area contributed by atoms with Crippen LogP contribution in [0.5, 0.6) is 0 Å². The van der Waals surface area contributed by atoms with Gasteiger partial charge >= 0.3 is 0 Å². The summed E-state index contributed by atoms with van der Waals surface area (Å²) in [5, 5.41) is 0. The second-order valence-corrected chi connectivity index (χ2v) is 11.6. The Bertz CT molecular complexity index is 1630. The minimum absolute atomic E-state index is 0.255. The van der Waals surface area contributed by atoms with E-state index < -0.39 is 30.5 Å². The van der Waals surface area contributed by atoms with Gasteiger partial charge in [-0.05, 0) is 27.8 Å². The summed E-state index contributed by atoms with van der Waals surface area (Å²) >= 11 is 0. The van der Waals surface area contributed by atoms with Crippen molar-refractivity contribution in [2.75, 3.05) is 6.61 Å². The van der Waals surface area contributed by atoms with Crippen LogP contribution in [0.4, 0.5) is 0 Å². The van der Waals surface area contributed by atoms with Gasteiger partial charge in [0.2, 0.25) is 0 Å². The SMILES string of the molecule is O=Cc1ccccc1[C@@H]1O[C@H](COCc2ccccc2)[C@@H](OCc2ccccc2)[C@H](OCc2ccccc2)[C@H]1OCc1ccccc1. The molecule has 0 aromatic heterocycles. The molecule has 240 valence electrons. The minimum Gasteiger partial charge on any atom is -0.374 e. The normalized spacial score (nSPS) is 20.9. The second kappa shape index (κ2) is 16.9. The first-order chi connectivity index (χ1) is 23.3. The lowest BCUT2D eigenvalue weighted by molar-refractivity contribution is -0.275. The second-order valence-electron chi connectivity index (χ2n) is 11.6. The number of hydrogen-bond acceptors (Lipinski definition) is 6. The molecule has 0 bridgehead atoms. The van der Waals surface area contributed by atoms with E-state index in [-0.39, 0.29) is 6.61 Å². The molecule has 0 aliphatic carbocycles. The van der Waals surface area contributed by atoms with Gasteiger partial charge in [0.25, 0.3) is 0 Å². The molecule has 0 saturated carbocycles. The topological polar surface area (TPSA) is 63.2 Å². The molecule has 47 heavy (non-hydrogen) atoms. The van der Waals surface area contributed by atoms with Crippen LogP contribution in [0, 0.1) is 0 Å². The Balaban J connectivity index is 1.36. The van der Waals surface area contributed by atoms with E-state index in [0.717, 1.165) is 34.1 Å². The number of ether oxygens (including phenoxy) is 5. The summed E-state index contributed by atoms with van der Waals surface area (Å²) in [6.45, 7) is 1.72. The molecule has 1 aliphatic heterocycles. The highest BCUT2D eigenvalue weighted by molar-refractivity contribution is 5.77. The first kappa shape index (κ1) is 32.5. The molecule has 0 unspecified atom stereocenters. The van der Waals surface area contributed by atoms with Gasteiger partial charge in [-0.2, -0.15) is 0 Å². The van der Waals surface area contributed by atoms with Crippen molar-refractivity contribution in [1.29, 1.82) is 0 Å². The number of carbonyl (C=O) groups is 1. The van der Waals surface area contributed by atoms with Crippen LogP contribution >= 0.6 is 0 Å². The summed E-state index contributed by atoms with van der Waals surface area (Å²) in [7, 11) is 0. The van der Waals surface area contributed by atoms with Gasteiger partial charge < -0.3 is 23.7 Å². The summed E-state index contributed by atoms with van der Waals surface area (Å²) < 4.78 is 33.5. The first-order valence-electron chi connectivity index (χ1n) is 16.1. The minimum atomic E-state index is -0.622. The number of benzene rings is 5. The molecular formula is C41H40O6. The Kier molecular flexibility index (Phi) is 11.7. The lowest BCUT2D eigenvalue weighted by atomic mass is 9.88. The third kappa shape index (κ3) is 8.89. The molecule has 0 radical (unpaired) electrons. The maximum atomic E-state index is 12.3. The average molecular weight is 629 g/mol. The van der Waals surface area contributed by atoms with Gasteiger partial charge in [-0.15, -0.1) is 0 Å². The standard InChI is InChI=1S/C41H40O6/c42-25-35-23-13-14-24-36(35)38-40(45-28-33-19-9-3-10-20-33)41(46-29-34-21-11-4-12-22-34)39(44-27-32-17-7-2-8-18-32)37(47-38)30-43-26-31-15-5-1-6-16-31/h1-25,37-41H,26-30H2/t37-,38+,39-,40+,41+/m1/s1. The fourth-order valence-electron chi connectivity index (χ4n) is 5.92. The molecule has 0 spiro atoms. The highest BCUT2D eigenvalue weighted by Crippen LogP contribution is 2.39. The van der Waals surface area contributed by atoms with Crippen molar-refractivity contribution in [3.8, 4) is 0 Å². The van der Waals surface area contributed by atoms with Gasteiger partial charge in [-0.25, -0.2) is 0 Å². The molecule has 1 aliphatic rings. The van der Waals surface area contributed by atoms with Gasteiger partial charge in [0.05, 0.1) is 33.0 Å². The van der Waals surface area contributed by atoms with Crippen molar-refractivity contribution in [2.24, 2.45) is 0 Å². The molecule has 6 rings (SSSR count). The Morgan fingerprint density at radius 2 is 0.915 bits per heavy atom. The van der Waals surface area contributed by atoms with Crippen LogP contribution < -0.4 is 0 Å². The van der Waals surface area contributed by atoms with E-state index >= 15 is 0 Å².